The maximum Gasteiger partial charge on any atom is 0.341 e. The lowest BCUT2D eigenvalue weighted by Crippen LogP contribution is -2.22. The van der Waals surface area contributed by atoms with Crippen molar-refractivity contribution in [3.63, 3.8) is 0 Å². The number of benzene rings is 1. The van der Waals surface area contributed by atoms with Gasteiger partial charge in [0.25, 0.3) is 11.7 Å². The van der Waals surface area contributed by atoms with Gasteiger partial charge in [0, 0.05) is 11.9 Å². The monoisotopic (exact) mass is 380 g/mol. The number of aromatic nitrogens is 1. The summed E-state index contributed by atoms with van der Waals surface area (Å²) in [6.45, 7) is 5.16. The summed E-state index contributed by atoms with van der Waals surface area (Å²) in [7, 11) is 0. The molecule has 0 bridgehead atoms. The molecule has 1 aromatic heterocycles. The Bertz CT molecular complexity index is 805. The van der Waals surface area contributed by atoms with Crippen LogP contribution in [0.3, 0.4) is 0 Å². The highest BCUT2D eigenvalue weighted by atomic mass is 32.2. The van der Waals surface area contributed by atoms with Crippen LogP contribution in [0.2, 0.25) is 0 Å². The van der Waals surface area contributed by atoms with Gasteiger partial charge in [-0.25, -0.2) is 9.78 Å². The van der Waals surface area contributed by atoms with Gasteiger partial charge in [0.05, 0.1) is 5.56 Å². The Balaban J connectivity index is 2.01. The molecule has 2 aromatic rings. The minimum absolute atomic E-state index is 0.103. The SMILES string of the molecule is Cc1cc(C)c(NC(=O)COC(=O)c2cccnc2SC(F)F)c(C)c1. The molecule has 2 rings (SSSR count). The molecule has 0 spiro atoms. The molecule has 1 amide bonds. The molecule has 0 saturated carbocycles. The number of pyridine rings is 1. The maximum atomic E-state index is 12.5. The van der Waals surface area contributed by atoms with E-state index >= 15 is 0 Å². The van der Waals surface area contributed by atoms with Crippen molar-refractivity contribution in [2.75, 3.05) is 11.9 Å². The summed E-state index contributed by atoms with van der Waals surface area (Å²) < 4.78 is 30.0. The van der Waals surface area contributed by atoms with E-state index in [1.807, 2.05) is 32.9 Å². The predicted octanol–water partition coefficient (Wildman–Crippen LogP) is 4.12. The van der Waals surface area contributed by atoms with Gasteiger partial charge in [-0.15, -0.1) is 0 Å². The molecule has 0 unspecified atom stereocenters. The Kier molecular flexibility index (Phi) is 6.68. The summed E-state index contributed by atoms with van der Waals surface area (Å²) in [4.78, 5) is 27.9. The Morgan fingerprint density at radius 3 is 2.50 bits per heavy atom. The lowest BCUT2D eigenvalue weighted by Gasteiger charge is -2.13. The number of anilines is 1. The van der Waals surface area contributed by atoms with Gasteiger partial charge in [-0.1, -0.05) is 17.7 Å². The Labute approximate surface area is 154 Å². The first-order chi connectivity index (χ1) is 12.3. The molecule has 138 valence electrons. The highest BCUT2D eigenvalue weighted by Crippen LogP contribution is 2.26. The van der Waals surface area contributed by atoms with Crippen molar-refractivity contribution in [3.8, 4) is 0 Å². The smallest absolute Gasteiger partial charge is 0.341 e. The van der Waals surface area contributed by atoms with Crippen molar-refractivity contribution in [2.45, 2.75) is 31.6 Å². The number of thioether (sulfide) groups is 1. The number of carbonyl (C=O) groups is 2. The number of halogens is 2. The highest BCUT2D eigenvalue weighted by Gasteiger charge is 2.19. The highest BCUT2D eigenvalue weighted by molar-refractivity contribution is 7.99. The van der Waals surface area contributed by atoms with Gasteiger partial charge in [-0.2, -0.15) is 8.78 Å². The standard InChI is InChI=1S/C18H18F2N2O3S/c1-10-7-11(2)15(12(3)8-10)22-14(23)9-25-17(24)13-5-4-6-21-16(13)26-18(19)20/h4-8,18H,9H2,1-3H3,(H,22,23). The van der Waals surface area contributed by atoms with E-state index in [0.29, 0.717) is 5.69 Å². The van der Waals surface area contributed by atoms with Crippen LogP contribution in [0.25, 0.3) is 0 Å². The van der Waals surface area contributed by atoms with E-state index in [1.165, 1.54) is 18.3 Å². The first-order valence-electron chi connectivity index (χ1n) is 7.72. The molecular formula is C18H18F2N2O3S. The van der Waals surface area contributed by atoms with Crippen LogP contribution in [0.5, 0.6) is 0 Å². The number of rotatable bonds is 6. The lowest BCUT2D eigenvalue weighted by molar-refractivity contribution is -0.119. The van der Waals surface area contributed by atoms with Gasteiger partial charge < -0.3 is 10.1 Å². The average Bonchev–Trinajstić information content (AvgIpc) is 2.56. The van der Waals surface area contributed by atoms with Gasteiger partial charge in [-0.05, 0) is 55.8 Å². The summed E-state index contributed by atoms with van der Waals surface area (Å²) in [5, 5.41) is 2.56. The summed E-state index contributed by atoms with van der Waals surface area (Å²) in [6.07, 6.45) is 1.30. The lowest BCUT2D eigenvalue weighted by atomic mass is 10.1. The van der Waals surface area contributed by atoms with Gasteiger partial charge in [-0.3, -0.25) is 4.79 Å². The van der Waals surface area contributed by atoms with E-state index in [1.54, 1.807) is 0 Å². The van der Waals surface area contributed by atoms with E-state index in [4.69, 9.17) is 4.74 Å². The molecule has 0 aliphatic rings. The molecule has 1 heterocycles. The van der Waals surface area contributed by atoms with Crippen molar-refractivity contribution in [1.29, 1.82) is 0 Å². The van der Waals surface area contributed by atoms with Crippen LogP contribution >= 0.6 is 11.8 Å². The first-order valence-corrected chi connectivity index (χ1v) is 8.60. The van der Waals surface area contributed by atoms with E-state index < -0.39 is 24.2 Å². The predicted molar refractivity (Wildman–Crippen MR) is 95.7 cm³/mol. The Morgan fingerprint density at radius 1 is 1.23 bits per heavy atom. The average molecular weight is 380 g/mol. The molecule has 0 aliphatic carbocycles. The van der Waals surface area contributed by atoms with Gasteiger partial charge >= 0.3 is 5.97 Å². The number of nitrogens with one attached hydrogen (secondary N) is 1. The van der Waals surface area contributed by atoms with Crippen LogP contribution in [0, 0.1) is 20.8 Å². The number of aryl methyl sites for hydroxylation is 3. The first kappa shape index (κ1) is 19.8. The quantitative estimate of drug-likeness (QED) is 0.603. The van der Waals surface area contributed by atoms with Gasteiger partial charge in [0.2, 0.25) is 0 Å². The fourth-order valence-corrected chi connectivity index (χ4v) is 3.05. The van der Waals surface area contributed by atoms with Crippen LogP contribution in [-0.4, -0.2) is 29.2 Å². The Hall–Kier alpha value is -2.48. The molecule has 0 aliphatic heterocycles. The third kappa shape index (κ3) is 5.26. The minimum Gasteiger partial charge on any atom is -0.452 e. The van der Waals surface area contributed by atoms with Crippen LogP contribution in [0.1, 0.15) is 27.0 Å². The second kappa shape index (κ2) is 8.75. The molecule has 0 fully saturated rings. The van der Waals surface area contributed by atoms with Crippen molar-refractivity contribution < 1.29 is 23.1 Å². The number of hydrogen-bond donors (Lipinski definition) is 1. The number of hydrogen-bond acceptors (Lipinski definition) is 5. The van der Waals surface area contributed by atoms with E-state index in [0.717, 1.165) is 16.7 Å². The van der Waals surface area contributed by atoms with E-state index in [-0.39, 0.29) is 22.4 Å². The summed E-state index contributed by atoms with van der Waals surface area (Å²) >= 11 is 0.150. The fourth-order valence-electron chi connectivity index (χ4n) is 2.49. The number of nitrogens with zero attached hydrogens (tertiary/aromatic N) is 1. The molecular weight excluding hydrogens is 362 g/mol. The molecule has 0 saturated heterocycles. The van der Waals surface area contributed by atoms with Crippen molar-refractivity contribution >= 4 is 29.3 Å². The zero-order valence-corrected chi connectivity index (χ0v) is 15.3. The summed E-state index contributed by atoms with van der Waals surface area (Å²) in [6, 6.07) is 6.62. The normalized spacial score (nSPS) is 10.7. The maximum absolute atomic E-state index is 12.5. The zero-order valence-electron chi connectivity index (χ0n) is 14.5. The largest absolute Gasteiger partial charge is 0.452 e. The number of ether oxygens (including phenoxy) is 1. The molecule has 26 heavy (non-hydrogen) atoms. The molecule has 1 N–H and O–H groups in total. The summed E-state index contributed by atoms with van der Waals surface area (Å²) in [5.74, 6) is -4.11. The third-order valence-corrected chi connectivity index (χ3v) is 4.19. The topological polar surface area (TPSA) is 68.3 Å². The molecule has 0 atom stereocenters. The fraction of sp³-hybridized carbons (Fsp3) is 0.278. The number of esters is 1. The number of carbonyl (C=O) groups excluding carboxylic acids is 2. The Morgan fingerprint density at radius 2 is 1.88 bits per heavy atom. The van der Waals surface area contributed by atoms with E-state index in [2.05, 4.69) is 10.3 Å². The van der Waals surface area contributed by atoms with Crippen LogP contribution in [0.15, 0.2) is 35.5 Å². The van der Waals surface area contributed by atoms with Gasteiger partial charge in [0.15, 0.2) is 6.61 Å². The van der Waals surface area contributed by atoms with Crippen LogP contribution in [0.4, 0.5) is 14.5 Å². The minimum atomic E-state index is -2.72. The second-order valence-corrected chi connectivity index (χ2v) is 6.61. The van der Waals surface area contributed by atoms with Crippen molar-refractivity contribution in [2.24, 2.45) is 0 Å². The van der Waals surface area contributed by atoms with Crippen LogP contribution < -0.4 is 5.32 Å². The zero-order chi connectivity index (χ0) is 19.3. The third-order valence-electron chi connectivity index (χ3n) is 3.47. The second-order valence-electron chi connectivity index (χ2n) is 5.63. The molecule has 0 radical (unpaired) electrons. The van der Waals surface area contributed by atoms with Crippen molar-refractivity contribution in [1.82, 2.24) is 4.98 Å². The van der Waals surface area contributed by atoms with E-state index in [9.17, 15) is 18.4 Å². The molecule has 8 heteroatoms. The molecule has 5 nitrogen and oxygen atoms in total. The van der Waals surface area contributed by atoms with Crippen molar-refractivity contribution in [3.05, 3.63) is 52.7 Å². The number of alkyl halides is 2. The summed E-state index contributed by atoms with van der Waals surface area (Å²) in [5.41, 5.74) is 3.42. The molecule has 1 aromatic carbocycles. The van der Waals surface area contributed by atoms with Gasteiger partial charge in [0.1, 0.15) is 5.03 Å². The van der Waals surface area contributed by atoms with Crippen LogP contribution in [-0.2, 0) is 9.53 Å². The number of amides is 1.